The molecule has 1 heterocycles. The van der Waals surface area contributed by atoms with Gasteiger partial charge in [-0.25, -0.2) is 0 Å². The molecule has 0 aliphatic carbocycles. The maximum atomic E-state index is 8.81. The molecular formula is C6H12OS3. The largest absolute Gasteiger partial charge is 0.395 e. The molecule has 1 fully saturated rings. The van der Waals surface area contributed by atoms with Crippen LogP contribution in [-0.2, 0) is 0 Å². The van der Waals surface area contributed by atoms with Crippen molar-refractivity contribution in [2.24, 2.45) is 0 Å². The van der Waals surface area contributed by atoms with Gasteiger partial charge < -0.3 is 5.11 Å². The standard InChI is InChI=1S/C6H12OS3/c1-2-8-6-9-4-5(3-7)10-6/h5-7H,2-4H2,1H3. The lowest BCUT2D eigenvalue weighted by Gasteiger charge is -2.05. The SMILES string of the molecule is CCSC1SCC(CO)S1. The summed E-state index contributed by atoms with van der Waals surface area (Å²) in [5.41, 5.74) is 0. The van der Waals surface area contributed by atoms with Crippen LogP contribution in [0.4, 0.5) is 0 Å². The second kappa shape index (κ2) is 4.80. The number of aliphatic hydroxyl groups is 1. The zero-order chi connectivity index (χ0) is 7.40. The van der Waals surface area contributed by atoms with E-state index in [1.54, 1.807) is 0 Å². The molecule has 1 rings (SSSR count). The fourth-order valence-electron chi connectivity index (χ4n) is 0.741. The quantitative estimate of drug-likeness (QED) is 0.743. The minimum absolute atomic E-state index is 0.346. The fourth-order valence-corrected chi connectivity index (χ4v) is 5.68. The summed E-state index contributed by atoms with van der Waals surface area (Å²) in [6.45, 7) is 2.52. The third-order valence-electron chi connectivity index (χ3n) is 1.23. The van der Waals surface area contributed by atoms with Crippen LogP contribution in [0.5, 0.6) is 0 Å². The molecule has 1 nitrogen and oxygen atoms in total. The van der Waals surface area contributed by atoms with Crippen molar-refractivity contribution in [2.45, 2.75) is 16.1 Å². The van der Waals surface area contributed by atoms with E-state index >= 15 is 0 Å². The Bertz CT molecular complexity index is 99.0. The van der Waals surface area contributed by atoms with Crippen LogP contribution in [0.1, 0.15) is 6.92 Å². The molecule has 0 aromatic rings. The lowest BCUT2D eigenvalue weighted by atomic mass is 10.5. The van der Waals surface area contributed by atoms with Gasteiger partial charge in [0.15, 0.2) is 0 Å². The van der Waals surface area contributed by atoms with Crippen LogP contribution in [-0.4, -0.2) is 32.4 Å². The van der Waals surface area contributed by atoms with E-state index < -0.39 is 0 Å². The highest BCUT2D eigenvalue weighted by Crippen LogP contribution is 2.43. The van der Waals surface area contributed by atoms with Crippen molar-refractivity contribution in [2.75, 3.05) is 18.1 Å². The Kier molecular flexibility index (Phi) is 4.37. The van der Waals surface area contributed by atoms with Crippen LogP contribution >= 0.6 is 35.3 Å². The third-order valence-corrected chi connectivity index (χ3v) is 6.13. The first kappa shape index (κ1) is 9.10. The second-order valence-electron chi connectivity index (χ2n) is 2.02. The molecule has 0 radical (unpaired) electrons. The van der Waals surface area contributed by atoms with Crippen LogP contribution in [0.2, 0.25) is 0 Å². The van der Waals surface area contributed by atoms with Crippen LogP contribution in [0.25, 0.3) is 0 Å². The minimum atomic E-state index is 0.346. The van der Waals surface area contributed by atoms with Crippen LogP contribution < -0.4 is 0 Å². The van der Waals surface area contributed by atoms with Gasteiger partial charge in [0.1, 0.15) is 0 Å². The van der Waals surface area contributed by atoms with E-state index in [-0.39, 0.29) is 0 Å². The van der Waals surface area contributed by atoms with Crippen LogP contribution in [0.15, 0.2) is 0 Å². The smallest absolute Gasteiger partial charge is 0.0960 e. The van der Waals surface area contributed by atoms with Crippen molar-refractivity contribution in [3.05, 3.63) is 0 Å². The summed E-state index contributed by atoms with van der Waals surface area (Å²) in [7, 11) is 0. The molecule has 4 heteroatoms. The molecule has 1 saturated heterocycles. The van der Waals surface area contributed by atoms with Crippen LogP contribution in [0, 0.1) is 0 Å². The monoisotopic (exact) mass is 196 g/mol. The lowest BCUT2D eigenvalue weighted by Crippen LogP contribution is -2.05. The van der Waals surface area contributed by atoms with E-state index in [0.717, 1.165) is 5.75 Å². The van der Waals surface area contributed by atoms with Gasteiger partial charge in [0.25, 0.3) is 0 Å². The van der Waals surface area contributed by atoms with E-state index in [4.69, 9.17) is 5.11 Å². The van der Waals surface area contributed by atoms with Gasteiger partial charge in [-0.3, -0.25) is 0 Å². The van der Waals surface area contributed by atoms with Gasteiger partial charge in [-0.15, -0.1) is 35.3 Å². The average molecular weight is 196 g/mol. The van der Waals surface area contributed by atoms with Gasteiger partial charge in [0.05, 0.1) is 10.5 Å². The van der Waals surface area contributed by atoms with Gasteiger partial charge >= 0.3 is 0 Å². The molecule has 10 heavy (non-hydrogen) atoms. The Balaban J connectivity index is 2.15. The Labute approximate surface area is 74.7 Å². The van der Waals surface area contributed by atoms with Crippen molar-refractivity contribution < 1.29 is 5.11 Å². The number of thioether (sulfide) groups is 3. The predicted molar refractivity (Wildman–Crippen MR) is 52.8 cm³/mol. The molecule has 0 amide bonds. The molecule has 1 aliphatic rings. The van der Waals surface area contributed by atoms with Crippen molar-refractivity contribution in [3.63, 3.8) is 0 Å². The first-order chi connectivity index (χ1) is 4.86. The van der Waals surface area contributed by atoms with Gasteiger partial charge in [-0.1, -0.05) is 6.92 Å². The summed E-state index contributed by atoms with van der Waals surface area (Å²) in [5, 5.41) is 9.30. The van der Waals surface area contributed by atoms with Gasteiger partial charge in [0.2, 0.25) is 0 Å². The molecule has 1 aliphatic heterocycles. The van der Waals surface area contributed by atoms with E-state index in [1.165, 1.54) is 5.75 Å². The Morgan fingerprint density at radius 1 is 1.70 bits per heavy atom. The summed E-state index contributed by atoms with van der Waals surface area (Å²) in [4.78, 5) is 0. The Hall–Kier alpha value is 1.01. The van der Waals surface area contributed by atoms with Crippen molar-refractivity contribution in [3.8, 4) is 0 Å². The first-order valence-corrected chi connectivity index (χ1v) is 6.40. The van der Waals surface area contributed by atoms with Crippen molar-refractivity contribution >= 4 is 35.3 Å². The number of rotatable bonds is 3. The first-order valence-electron chi connectivity index (χ1n) is 3.36. The van der Waals surface area contributed by atoms with Gasteiger partial charge in [-0.2, -0.15) is 0 Å². The highest BCUT2D eigenvalue weighted by atomic mass is 32.3. The molecular weight excluding hydrogens is 184 g/mol. The topological polar surface area (TPSA) is 20.2 Å². The summed E-state index contributed by atoms with van der Waals surface area (Å²) < 4.78 is 0.683. The Morgan fingerprint density at radius 2 is 2.50 bits per heavy atom. The fraction of sp³-hybridized carbons (Fsp3) is 1.00. The number of hydrogen-bond acceptors (Lipinski definition) is 4. The number of hydrogen-bond donors (Lipinski definition) is 1. The minimum Gasteiger partial charge on any atom is -0.395 e. The summed E-state index contributed by atoms with van der Waals surface area (Å²) in [6.07, 6.45) is 0. The van der Waals surface area contributed by atoms with Gasteiger partial charge in [-0.05, 0) is 5.75 Å². The molecule has 0 saturated carbocycles. The van der Waals surface area contributed by atoms with Crippen LogP contribution in [0.3, 0.4) is 0 Å². The molecule has 2 atom stereocenters. The lowest BCUT2D eigenvalue weighted by molar-refractivity contribution is 0.302. The van der Waals surface area contributed by atoms with E-state index in [9.17, 15) is 0 Å². The van der Waals surface area contributed by atoms with Crippen molar-refractivity contribution in [1.29, 1.82) is 0 Å². The third kappa shape index (κ3) is 2.57. The summed E-state index contributed by atoms with van der Waals surface area (Å²) >= 11 is 5.85. The normalized spacial score (nSPS) is 33.0. The zero-order valence-corrected chi connectivity index (χ0v) is 8.40. The molecule has 60 valence electrons. The van der Waals surface area contributed by atoms with E-state index in [2.05, 4.69) is 6.92 Å². The van der Waals surface area contributed by atoms with E-state index in [0.29, 0.717) is 15.8 Å². The second-order valence-corrected chi connectivity index (χ2v) is 6.84. The van der Waals surface area contributed by atoms with Crippen molar-refractivity contribution in [1.82, 2.24) is 0 Å². The predicted octanol–water partition coefficient (Wildman–Crippen LogP) is 1.86. The number of aliphatic hydroxyl groups excluding tert-OH is 1. The molecule has 0 aromatic heterocycles. The molecule has 0 bridgehead atoms. The van der Waals surface area contributed by atoms with E-state index in [1.807, 2.05) is 35.3 Å². The maximum absolute atomic E-state index is 8.81. The highest BCUT2D eigenvalue weighted by molar-refractivity contribution is 8.34. The Morgan fingerprint density at radius 3 is 3.00 bits per heavy atom. The summed E-state index contributed by atoms with van der Waals surface area (Å²) in [6, 6.07) is 0. The zero-order valence-electron chi connectivity index (χ0n) is 5.95. The van der Waals surface area contributed by atoms with Gasteiger partial charge in [0, 0.05) is 11.0 Å². The molecule has 1 N–H and O–H groups in total. The average Bonchev–Trinajstić information content (AvgIpc) is 2.37. The highest BCUT2D eigenvalue weighted by Gasteiger charge is 2.24. The summed E-state index contributed by atoms with van der Waals surface area (Å²) in [5.74, 6) is 2.31. The maximum Gasteiger partial charge on any atom is 0.0960 e. The molecule has 0 spiro atoms. The molecule has 2 unspecified atom stereocenters. The molecule has 0 aromatic carbocycles.